The summed E-state index contributed by atoms with van der Waals surface area (Å²) in [6, 6.07) is 13.5. The van der Waals surface area contributed by atoms with Crippen LogP contribution in [0.2, 0.25) is 0 Å². The first-order valence-corrected chi connectivity index (χ1v) is 8.73. The molecule has 1 amide bonds. The van der Waals surface area contributed by atoms with Crippen molar-refractivity contribution in [2.45, 2.75) is 19.8 Å². The van der Waals surface area contributed by atoms with Crippen LogP contribution in [0.15, 0.2) is 42.5 Å². The molecule has 0 saturated carbocycles. The van der Waals surface area contributed by atoms with Gasteiger partial charge in [-0.1, -0.05) is 18.2 Å². The first-order chi connectivity index (χ1) is 12.2. The van der Waals surface area contributed by atoms with Gasteiger partial charge in [0.05, 0.1) is 18.2 Å². The summed E-state index contributed by atoms with van der Waals surface area (Å²) < 4.78 is 5.60. The molecule has 1 aromatic carbocycles. The number of hydrogen-bond donors (Lipinski definition) is 1. The third-order valence-electron chi connectivity index (χ3n) is 4.31. The van der Waals surface area contributed by atoms with E-state index in [2.05, 4.69) is 20.4 Å². The van der Waals surface area contributed by atoms with E-state index in [9.17, 15) is 4.79 Å². The highest BCUT2D eigenvalue weighted by Gasteiger charge is 2.26. The molecular formula is C19H24N4O2. The molecule has 0 bridgehead atoms. The highest BCUT2D eigenvalue weighted by Crippen LogP contribution is 2.21. The average molecular weight is 340 g/mol. The van der Waals surface area contributed by atoms with Crippen LogP contribution in [0.1, 0.15) is 18.5 Å². The number of ether oxygens (including phenoxy) is 1. The summed E-state index contributed by atoms with van der Waals surface area (Å²) in [4.78, 5) is 14.6. The summed E-state index contributed by atoms with van der Waals surface area (Å²) in [6.07, 6.45) is 1.88. The molecule has 1 aliphatic heterocycles. The Balaban J connectivity index is 1.44. The molecule has 3 rings (SSSR count). The molecule has 1 saturated heterocycles. The van der Waals surface area contributed by atoms with Gasteiger partial charge in [-0.3, -0.25) is 4.79 Å². The Morgan fingerprint density at radius 3 is 2.84 bits per heavy atom. The fourth-order valence-electron chi connectivity index (χ4n) is 2.96. The number of carbonyl (C=O) groups is 1. The number of nitrogens with one attached hydrogen (secondary N) is 1. The van der Waals surface area contributed by atoms with Gasteiger partial charge in [-0.05, 0) is 44.0 Å². The second kappa shape index (κ2) is 8.46. The minimum Gasteiger partial charge on any atom is -0.492 e. The minimum absolute atomic E-state index is 0.0198. The van der Waals surface area contributed by atoms with E-state index in [0.29, 0.717) is 19.7 Å². The van der Waals surface area contributed by atoms with Gasteiger partial charge in [0.1, 0.15) is 12.4 Å². The summed E-state index contributed by atoms with van der Waals surface area (Å²) in [5, 5.41) is 11.3. The van der Waals surface area contributed by atoms with Gasteiger partial charge in [0.2, 0.25) is 5.91 Å². The number of anilines is 1. The van der Waals surface area contributed by atoms with Crippen LogP contribution in [-0.4, -0.2) is 42.3 Å². The van der Waals surface area contributed by atoms with E-state index >= 15 is 0 Å². The van der Waals surface area contributed by atoms with E-state index in [-0.39, 0.29) is 11.8 Å². The molecule has 0 radical (unpaired) electrons. The number of para-hydroxylation sites is 1. The number of aryl methyl sites for hydroxylation is 1. The summed E-state index contributed by atoms with van der Waals surface area (Å²) in [5.41, 5.74) is 0.897. The second-order valence-electron chi connectivity index (χ2n) is 6.27. The van der Waals surface area contributed by atoms with E-state index < -0.39 is 0 Å². The Labute approximate surface area is 148 Å². The molecule has 1 N–H and O–H groups in total. The quantitative estimate of drug-likeness (QED) is 0.817. The third-order valence-corrected chi connectivity index (χ3v) is 4.31. The van der Waals surface area contributed by atoms with Crippen molar-refractivity contribution in [3.8, 4) is 5.75 Å². The molecule has 2 aromatic rings. The number of benzene rings is 1. The Kier molecular flexibility index (Phi) is 5.82. The molecule has 6 heteroatoms. The third kappa shape index (κ3) is 4.92. The van der Waals surface area contributed by atoms with Crippen LogP contribution >= 0.6 is 0 Å². The minimum atomic E-state index is -0.0198. The number of aromatic nitrogens is 2. The normalized spacial score (nSPS) is 17.2. The van der Waals surface area contributed by atoms with Crippen LogP contribution in [0.5, 0.6) is 5.75 Å². The fourth-order valence-corrected chi connectivity index (χ4v) is 2.96. The van der Waals surface area contributed by atoms with E-state index in [0.717, 1.165) is 36.6 Å². The van der Waals surface area contributed by atoms with Crippen molar-refractivity contribution in [2.75, 3.05) is 31.1 Å². The Bertz CT molecular complexity index is 676. The average Bonchev–Trinajstić information content (AvgIpc) is 2.66. The topological polar surface area (TPSA) is 67.4 Å². The Morgan fingerprint density at radius 1 is 1.24 bits per heavy atom. The van der Waals surface area contributed by atoms with Crippen LogP contribution in [-0.2, 0) is 4.79 Å². The maximum absolute atomic E-state index is 12.4. The first-order valence-electron chi connectivity index (χ1n) is 8.73. The zero-order valence-corrected chi connectivity index (χ0v) is 14.5. The van der Waals surface area contributed by atoms with Gasteiger partial charge in [0, 0.05) is 13.1 Å². The maximum atomic E-state index is 12.4. The Morgan fingerprint density at radius 2 is 2.08 bits per heavy atom. The van der Waals surface area contributed by atoms with Gasteiger partial charge in [0.15, 0.2) is 5.82 Å². The van der Waals surface area contributed by atoms with Crippen LogP contribution < -0.4 is 15.0 Å². The van der Waals surface area contributed by atoms with E-state index in [1.165, 1.54) is 0 Å². The standard InChI is InChI=1S/C19H24N4O2/c1-15-9-10-18(22-21-15)23-12-5-6-16(14-23)19(24)20-11-13-25-17-7-3-2-4-8-17/h2-4,7-10,16H,5-6,11-14H2,1H3,(H,20,24). The van der Waals surface area contributed by atoms with E-state index in [1.54, 1.807) is 0 Å². The molecule has 0 spiro atoms. The molecule has 1 aromatic heterocycles. The number of hydrogen-bond acceptors (Lipinski definition) is 5. The van der Waals surface area contributed by atoms with E-state index in [1.807, 2.05) is 49.4 Å². The van der Waals surface area contributed by atoms with Gasteiger partial charge in [-0.25, -0.2) is 0 Å². The van der Waals surface area contributed by atoms with E-state index in [4.69, 9.17) is 4.74 Å². The summed E-state index contributed by atoms with van der Waals surface area (Å²) in [6.45, 7) is 4.49. The SMILES string of the molecule is Cc1ccc(N2CCCC(C(=O)NCCOc3ccccc3)C2)nn1. The fraction of sp³-hybridized carbons (Fsp3) is 0.421. The summed E-state index contributed by atoms with van der Waals surface area (Å²) in [7, 11) is 0. The molecular weight excluding hydrogens is 316 g/mol. The molecule has 1 fully saturated rings. The van der Waals surface area contributed by atoms with Gasteiger partial charge >= 0.3 is 0 Å². The molecule has 1 atom stereocenters. The predicted molar refractivity (Wildman–Crippen MR) is 96.7 cm³/mol. The predicted octanol–water partition coefficient (Wildman–Crippen LogP) is 2.20. The smallest absolute Gasteiger partial charge is 0.225 e. The number of nitrogens with zero attached hydrogens (tertiary/aromatic N) is 3. The molecule has 1 unspecified atom stereocenters. The molecule has 25 heavy (non-hydrogen) atoms. The van der Waals surface area contributed by atoms with Gasteiger partial charge in [0.25, 0.3) is 0 Å². The summed E-state index contributed by atoms with van der Waals surface area (Å²) >= 11 is 0. The zero-order chi connectivity index (χ0) is 17.5. The molecule has 132 valence electrons. The van der Waals surface area contributed by atoms with Crippen molar-refractivity contribution in [3.05, 3.63) is 48.2 Å². The highest BCUT2D eigenvalue weighted by atomic mass is 16.5. The monoisotopic (exact) mass is 340 g/mol. The van der Waals surface area contributed by atoms with Crippen molar-refractivity contribution >= 4 is 11.7 Å². The van der Waals surface area contributed by atoms with Crippen molar-refractivity contribution in [1.29, 1.82) is 0 Å². The van der Waals surface area contributed by atoms with Crippen molar-refractivity contribution in [1.82, 2.24) is 15.5 Å². The number of carbonyl (C=O) groups excluding carboxylic acids is 1. The number of rotatable bonds is 6. The van der Waals surface area contributed by atoms with Crippen LogP contribution in [0.25, 0.3) is 0 Å². The summed E-state index contributed by atoms with van der Waals surface area (Å²) in [5.74, 6) is 1.73. The van der Waals surface area contributed by atoms with Crippen LogP contribution in [0.4, 0.5) is 5.82 Å². The lowest BCUT2D eigenvalue weighted by Crippen LogP contribution is -2.44. The highest BCUT2D eigenvalue weighted by molar-refractivity contribution is 5.79. The van der Waals surface area contributed by atoms with Crippen LogP contribution in [0, 0.1) is 12.8 Å². The largest absolute Gasteiger partial charge is 0.492 e. The second-order valence-corrected chi connectivity index (χ2v) is 6.27. The molecule has 1 aliphatic rings. The van der Waals surface area contributed by atoms with Crippen molar-refractivity contribution < 1.29 is 9.53 Å². The van der Waals surface area contributed by atoms with Crippen molar-refractivity contribution in [3.63, 3.8) is 0 Å². The lowest BCUT2D eigenvalue weighted by Gasteiger charge is -2.32. The van der Waals surface area contributed by atoms with Crippen LogP contribution in [0.3, 0.4) is 0 Å². The number of amides is 1. The number of piperidine rings is 1. The Hall–Kier alpha value is -2.63. The van der Waals surface area contributed by atoms with Gasteiger partial charge in [-0.15, -0.1) is 5.10 Å². The lowest BCUT2D eigenvalue weighted by molar-refractivity contribution is -0.125. The molecule has 0 aliphatic carbocycles. The lowest BCUT2D eigenvalue weighted by atomic mass is 9.97. The molecule has 6 nitrogen and oxygen atoms in total. The van der Waals surface area contributed by atoms with Gasteiger partial charge < -0.3 is 15.0 Å². The zero-order valence-electron chi connectivity index (χ0n) is 14.5. The first kappa shape index (κ1) is 17.2. The maximum Gasteiger partial charge on any atom is 0.225 e. The molecule has 2 heterocycles. The van der Waals surface area contributed by atoms with Crippen molar-refractivity contribution in [2.24, 2.45) is 5.92 Å². The van der Waals surface area contributed by atoms with Gasteiger partial charge in [-0.2, -0.15) is 5.10 Å².